The Hall–Kier alpha value is -2.89. The van der Waals surface area contributed by atoms with Crippen molar-refractivity contribution in [3.63, 3.8) is 0 Å². The fourth-order valence-electron chi connectivity index (χ4n) is 3.19. The van der Waals surface area contributed by atoms with E-state index in [0.717, 1.165) is 0 Å². The molecule has 3 aromatic rings. The molecule has 0 bridgehead atoms. The molecule has 2 unspecified atom stereocenters. The Morgan fingerprint density at radius 2 is 1.12 bits per heavy atom. The molecule has 0 aliphatic carbocycles. The summed E-state index contributed by atoms with van der Waals surface area (Å²) < 4.78 is 107. The molecule has 0 amide bonds. The van der Waals surface area contributed by atoms with Gasteiger partial charge in [0.15, 0.2) is 0 Å². The highest BCUT2D eigenvalue weighted by Crippen LogP contribution is 2.38. The largest absolute Gasteiger partial charge is 0.416 e. The molecule has 0 saturated heterocycles. The number of hydrogen-bond donors (Lipinski definition) is 2. The molecule has 33 heavy (non-hydrogen) atoms. The highest BCUT2D eigenvalue weighted by molar-refractivity contribution is 7.89. The Kier molecular flexibility index (Phi) is 6.87. The van der Waals surface area contributed by atoms with Crippen LogP contribution in [0.25, 0.3) is 0 Å². The van der Waals surface area contributed by atoms with Gasteiger partial charge in [-0.3, -0.25) is 0 Å². The van der Waals surface area contributed by atoms with Gasteiger partial charge < -0.3 is 5.73 Å². The Morgan fingerprint density at radius 1 is 0.697 bits per heavy atom. The van der Waals surface area contributed by atoms with Crippen molar-refractivity contribution in [2.24, 2.45) is 5.73 Å². The lowest BCUT2D eigenvalue weighted by Gasteiger charge is -2.26. The first-order valence-electron chi connectivity index (χ1n) is 9.46. The summed E-state index contributed by atoms with van der Waals surface area (Å²) in [5.74, 6) is 0. The van der Waals surface area contributed by atoms with Gasteiger partial charge in [-0.15, -0.1) is 0 Å². The number of hydrogen-bond acceptors (Lipinski definition) is 3. The van der Waals surface area contributed by atoms with Crippen molar-refractivity contribution in [3.8, 4) is 0 Å². The van der Waals surface area contributed by atoms with Crippen LogP contribution in [0.2, 0.25) is 0 Å². The first-order chi connectivity index (χ1) is 15.3. The van der Waals surface area contributed by atoms with Crippen LogP contribution >= 0.6 is 0 Å². The number of rotatable bonds is 6. The standard InChI is InChI=1S/C22H18F6N2O2S/c23-21(24,25)16-11-17(22(26,27)28)13-18(12-16)33(31,32)30-20(15-9-5-2-6-10-15)19(29)14-7-3-1-4-8-14/h1-13,19-20,30H,29H2. The van der Waals surface area contributed by atoms with Crippen LogP contribution in [0.15, 0.2) is 83.8 Å². The quantitative estimate of drug-likeness (QED) is 0.454. The Bertz CT molecular complexity index is 1160. The van der Waals surface area contributed by atoms with Gasteiger partial charge in [-0.05, 0) is 29.3 Å². The molecule has 0 radical (unpaired) electrons. The minimum atomic E-state index is -5.19. The third-order valence-corrected chi connectivity index (χ3v) is 6.28. The van der Waals surface area contributed by atoms with Gasteiger partial charge in [-0.25, -0.2) is 13.1 Å². The van der Waals surface area contributed by atoms with Crippen LogP contribution in [0.1, 0.15) is 34.3 Å². The summed E-state index contributed by atoms with van der Waals surface area (Å²) in [6, 6.07) is 14.2. The number of alkyl halides is 6. The van der Waals surface area contributed by atoms with E-state index < -0.39 is 50.5 Å². The molecule has 11 heteroatoms. The minimum absolute atomic E-state index is 0.136. The Labute approximate surface area is 186 Å². The number of halogens is 6. The SMILES string of the molecule is NC(c1ccccc1)C(NS(=O)(=O)c1cc(C(F)(F)F)cc(C(F)(F)F)c1)c1ccccc1. The van der Waals surface area contributed by atoms with Crippen LogP contribution in [-0.4, -0.2) is 8.42 Å². The number of sulfonamides is 1. The molecule has 3 rings (SSSR count). The summed E-state index contributed by atoms with van der Waals surface area (Å²) in [4.78, 5) is -1.18. The van der Waals surface area contributed by atoms with Crippen molar-refractivity contribution in [2.45, 2.75) is 29.3 Å². The smallest absolute Gasteiger partial charge is 0.322 e. The van der Waals surface area contributed by atoms with Crippen molar-refractivity contribution in [1.82, 2.24) is 4.72 Å². The zero-order valence-electron chi connectivity index (χ0n) is 16.7. The summed E-state index contributed by atoms with van der Waals surface area (Å²) in [6.07, 6.45) is -10.4. The zero-order chi connectivity index (χ0) is 24.4. The highest BCUT2D eigenvalue weighted by Gasteiger charge is 2.39. The maximum absolute atomic E-state index is 13.2. The van der Waals surface area contributed by atoms with Crippen LogP contribution in [-0.2, 0) is 22.4 Å². The van der Waals surface area contributed by atoms with E-state index in [9.17, 15) is 34.8 Å². The first-order valence-corrected chi connectivity index (χ1v) is 10.9. The molecule has 2 atom stereocenters. The number of benzene rings is 3. The number of nitrogens with one attached hydrogen (secondary N) is 1. The highest BCUT2D eigenvalue weighted by atomic mass is 32.2. The second-order valence-electron chi connectivity index (χ2n) is 7.19. The minimum Gasteiger partial charge on any atom is -0.322 e. The van der Waals surface area contributed by atoms with Crippen molar-refractivity contribution >= 4 is 10.0 Å². The topological polar surface area (TPSA) is 72.2 Å². The van der Waals surface area contributed by atoms with E-state index in [2.05, 4.69) is 4.72 Å². The van der Waals surface area contributed by atoms with E-state index in [4.69, 9.17) is 5.73 Å². The maximum atomic E-state index is 13.2. The average Bonchev–Trinajstić information content (AvgIpc) is 2.77. The predicted octanol–water partition coefficient (Wildman–Crippen LogP) is 5.44. The van der Waals surface area contributed by atoms with Crippen LogP contribution in [0, 0.1) is 0 Å². The third-order valence-electron chi connectivity index (χ3n) is 4.86. The summed E-state index contributed by atoms with van der Waals surface area (Å²) in [5, 5.41) is 0. The van der Waals surface area contributed by atoms with Crippen molar-refractivity contribution in [3.05, 3.63) is 101 Å². The molecule has 0 saturated carbocycles. The summed E-state index contributed by atoms with van der Waals surface area (Å²) in [6.45, 7) is 0. The molecule has 0 spiro atoms. The van der Waals surface area contributed by atoms with Gasteiger partial charge in [0.25, 0.3) is 0 Å². The van der Waals surface area contributed by atoms with Gasteiger partial charge in [0, 0.05) is 0 Å². The molecule has 0 aliphatic rings. The lowest BCUT2D eigenvalue weighted by Crippen LogP contribution is -2.36. The molecular formula is C22H18F6N2O2S. The summed E-state index contributed by atoms with van der Waals surface area (Å²) >= 11 is 0. The van der Waals surface area contributed by atoms with E-state index in [0.29, 0.717) is 11.1 Å². The molecule has 4 nitrogen and oxygen atoms in total. The molecule has 3 aromatic carbocycles. The van der Waals surface area contributed by atoms with Gasteiger partial charge >= 0.3 is 12.4 Å². The van der Waals surface area contributed by atoms with E-state index in [1.165, 1.54) is 0 Å². The van der Waals surface area contributed by atoms with Crippen LogP contribution in [0.5, 0.6) is 0 Å². The third kappa shape index (κ3) is 5.92. The van der Waals surface area contributed by atoms with Crippen molar-refractivity contribution in [1.29, 1.82) is 0 Å². The zero-order valence-corrected chi connectivity index (χ0v) is 17.5. The molecule has 0 aliphatic heterocycles. The van der Waals surface area contributed by atoms with Crippen LogP contribution in [0.4, 0.5) is 26.3 Å². The second-order valence-corrected chi connectivity index (χ2v) is 8.90. The van der Waals surface area contributed by atoms with Crippen molar-refractivity contribution < 1.29 is 34.8 Å². The van der Waals surface area contributed by atoms with E-state index in [1.807, 2.05) is 0 Å². The molecule has 0 fully saturated rings. The average molecular weight is 488 g/mol. The lowest BCUT2D eigenvalue weighted by molar-refractivity contribution is -0.143. The van der Waals surface area contributed by atoms with E-state index in [-0.39, 0.29) is 18.2 Å². The Morgan fingerprint density at radius 3 is 1.55 bits per heavy atom. The van der Waals surface area contributed by atoms with Crippen molar-refractivity contribution in [2.75, 3.05) is 0 Å². The fourth-order valence-corrected chi connectivity index (χ4v) is 4.51. The molecule has 3 N–H and O–H groups in total. The molecule has 0 aromatic heterocycles. The van der Waals surface area contributed by atoms with Crippen LogP contribution < -0.4 is 10.5 Å². The first kappa shape index (κ1) is 24.7. The maximum Gasteiger partial charge on any atom is 0.416 e. The van der Waals surface area contributed by atoms with Gasteiger partial charge in [0.2, 0.25) is 10.0 Å². The van der Waals surface area contributed by atoms with Crippen LogP contribution in [0.3, 0.4) is 0 Å². The fraction of sp³-hybridized carbons (Fsp3) is 0.182. The van der Waals surface area contributed by atoms with Gasteiger partial charge in [0.05, 0.1) is 28.1 Å². The summed E-state index contributed by atoms with van der Waals surface area (Å²) in [5.41, 5.74) is 3.68. The molecule has 176 valence electrons. The second kappa shape index (κ2) is 9.16. The monoisotopic (exact) mass is 488 g/mol. The van der Waals surface area contributed by atoms with E-state index >= 15 is 0 Å². The van der Waals surface area contributed by atoms with Gasteiger partial charge in [0.1, 0.15) is 0 Å². The lowest BCUT2D eigenvalue weighted by atomic mass is 9.95. The predicted molar refractivity (Wildman–Crippen MR) is 109 cm³/mol. The molecule has 0 heterocycles. The van der Waals surface area contributed by atoms with Gasteiger partial charge in [-0.2, -0.15) is 26.3 Å². The number of nitrogens with two attached hydrogens (primary N) is 1. The van der Waals surface area contributed by atoms with Gasteiger partial charge in [-0.1, -0.05) is 60.7 Å². The molecular weight excluding hydrogens is 470 g/mol. The Balaban J connectivity index is 2.10. The normalized spacial score (nSPS) is 14.6. The summed E-state index contributed by atoms with van der Waals surface area (Å²) in [7, 11) is -4.86. The van der Waals surface area contributed by atoms with E-state index in [1.54, 1.807) is 60.7 Å².